The largest absolute Gasteiger partial charge is 0.506 e. The van der Waals surface area contributed by atoms with Crippen LogP contribution in [0.15, 0.2) is 78.0 Å². The van der Waals surface area contributed by atoms with Gasteiger partial charge in [0.2, 0.25) is 0 Å². The lowest BCUT2D eigenvalue weighted by Crippen LogP contribution is -2.46. The summed E-state index contributed by atoms with van der Waals surface area (Å²) < 4.78 is 2.76. The van der Waals surface area contributed by atoms with E-state index in [9.17, 15) is 15.0 Å². The van der Waals surface area contributed by atoms with Gasteiger partial charge < -0.3 is 20.0 Å². The van der Waals surface area contributed by atoms with Crippen LogP contribution in [0.1, 0.15) is 31.1 Å². The lowest BCUT2D eigenvalue weighted by atomic mass is 10.0. The van der Waals surface area contributed by atoms with E-state index in [1.165, 1.54) is 15.6 Å². The van der Waals surface area contributed by atoms with Crippen LogP contribution in [0.3, 0.4) is 0 Å². The molecular formula is C27H29ClN6O3. The van der Waals surface area contributed by atoms with Crippen LogP contribution in [-0.4, -0.2) is 55.7 Å². The molecule has 2 atom stereocenters. The van der Waals surface area contributed by atoms with Crippen LogP contribution in [0, 0.1) is 0 Å². The Kier molecular flexibility index (Phi) is 7.16. The average molecular weight is 521 g/mol. The standard InChI is InChI=1S/C27H29ClN6O3/c1-2-22(26(36)19-7-9-20(28)10-8-19)34-27(37)33(18-30-34)21-11-12-25(29-17-21)32-15-13-31(14-16-32)23-5-3-4-6-24(23)35/h3-12,17-18,22,26,35-36H,2,13-16H2,1H3/t22-,26-/m1/s1. The van der Waals surface area contributed by atoms with Gasteiger partial charge in [-0.1, -0.05) is 42.8 Å². The first kappa shape index (κ1) is 24.9. The molecule has 1 aliphatic heterocycles. The molecule has 2 aromatic heterocycles. The number of para-hydroxylation sites is 2. The minimum atomic E-state index is -0.903. The Morgan fingerprint density at radius 3 is 2.32 bits per heavy atom. The van der Waals surface area contributed by atoms with Crippen LogP contribution < -0.4 is 15.5 Å². The van der Waals surface area contributed by atoms with Crippen LogP contribution in [0.25, 0.3) is 5.69 Å². The smallest absolute Gasteiger partial charge is 0.350 e. The molecule has 37 heavy (non-hydrogen) atoms. The maximum absolute atomic E-state index is 13.2. The molecule has 4 aromatic rings. The number of nitrogens with zero attached hydrogens (tertiary/aromatic N) is 6. The second-order valence-electron chi connectivity index (χ2n) is 9.04. The number of aromatic hydroxyl groups is 1. The van der Waals surface area contributed by atoms with Gasteiger partial charge >= 0.3 is 5.69 Å². The van der Waals surface area contributed by atoms with Crippen molar-refractivity contribution in [3.05, 3.63) is 94.3 Å². The van der Waals surface area contributed by atoms with E-state index in [2.05, 4.69) is 19.9 Å². The minimum absolute atomic E-state index is 0.287. The lowest BCUT2D eigenvalue weighted by Gasteiger charge is -2.36. The van der Waals surface area contributed by atoms with Crippen molar-refractivity contribution >= 4 is 23.1 Å². The van der Waals surface area contributed by atoms with Gasteiger partial charge in [-0.25, -0.2) is 19.0 Å². The lowest BCUT2D eigenvalue weighted by molar-refractivity contribution is 0.101. The summed E-state index contributed by atoms with van der Waals surface area (Å²) in [6, 6.07) is 17.5. The molecule has 10 heteroatoms. The van der Waals surface area contributed by atoms with Crippen LogP contribution in [0.4, 0.5) is 11.5 Å². The molecule has 2 N–H and O–H groups in total. The third-order valence-electron chi connectivity index (χ3n) is 6.84. The van der Waals surface area contributed by atoms with Gasteiger partial charge in [-0.15, -0.1) is 0 Å². The van der Waals surface area contributed by atoms with Crippen molar-refractivity contribution in [3.8, 4) is 11.4 Å². The van der Waals surface area contributed by atoms with E-state index in [0.29, 0.717) is 22.7 Å². The number of anilines is 2. The summed E-state index contributed by atoms with van der Waals surface area (Å²) in [7, 11) is 0. The number of hydrogen-bond acceptors (Lipinski definition) is 7. The van der Waals surface area contributed by atoms with Gasteiger partial charge in [-0.2, -0.15) is 5.10 Å². The van der Waals surface area contributed by atoms with E-state index >= 15 is 0 Å². The normalized spacial score (nSPS) is 15.5. The summed E-state index contributed by atoms with van der Waals surface area (Å²) in [6.07, 6.45) is 2.74. The summed E-state index contributed by atoms with van der Waals surface area (Å²) in [5.41, 5.74) is 1.77. The third kappa shape index (κ3) is 5.05. The number of aromatic nitrogens is 4. The molecule has 1 fully saturated rings. The Labute approximate surface area is 219 Å². The van der Waals surface area contributed by atoms with Crippen LogP contribution in [0.2, 0.25) is 5.02 Å². The van der Waals surface area contributed by atoms with Crippen LogP contribution >= 0.6 is 11.6 Å². The zero-order valence-corrected chi connectivity index (χ0v) is 21.2. The number of rotatable bonds is 7. The van der Waals surface area contributed by atoms with E-state index < -0.39 is 12.1 Å². The Morgan fingerprint density at radius 2 is 1.68 bits per heavy atom. The molecule has 3 heterocycles. The second kappa shape index (κ2) is 10.7. The molecule has 0 bridgehead atoms. The van der Waals surface area contributed by atoms with E-state index in [0.717, 1.165) is 37.7 Å². The maximum atomic E-state index is 13.2. The van der Waals surface area contributed by atoms with Gasteiger partial charge in [0, 0.05) is 31.2 Å². The van der Waals surface area contributed by atoms with Crippen molar-refractivity contribution in [1.29, 1.82) is 0 Å². The molecule has 1 aliphatic rings. The van der Waals surface area contributed by atoms with E-state index in [-0.39, 0.29) is 11.4 Å². The van der Waals surface area contributed by atoms with E-state index in [4.69, 9.17) is 11.6 Å². The molecule has 192 valence electrons. The first-order chi connectivity index (χ1) is 18.0. The predicted octanol–water partition coefficient (Wildman–Crippen LogP) is 3.80. The van der Waals surface area contributed by atoms with E-state index in [1.54, 1.807) is 36.5 Å². The van der Waals surface area contributed by atoms with Gasteiger partial charge in [0.25, 0.3) is 0 Å². The fraction of sp³-hybridized carbons (Fsp3) is 0.296. The quantitative estimate of drug-likeness (QED) is 0.382. The molecule has 2 aromatic carbocycles. The fourth-order valence-electron chi connectivity index (χ4n) is 4.75. The molecule has 0 amide bonds. The molecule has 0 spiro atoms. The molecule has 0 saturated carbocycles. The number of aliphatic hydroxyl groups is 1. The maximum Gasteiger partial charge on any atom is 0.350 e. The Hall–Kier alpha value is -3.82. The summed E-state index contributed by atoms with van der Waals surface area (Å²) >= 11 is 5.97. The van der Waals surface area contributed by atoms with Crippen LogP contribution in [-0.2, 0) is 0 Å². The molecular weight excluding hydrogens is 492 g/mol. The van der Waals surface area contributed by atoms with Crippen molar-refractivity contribution in [2.75, 3.05) is 36.0 Å². The van der Waals surface area contributed by atoms with Gasteiger partial charge in [0.15, 0.2) is 0 Å². The SMILES string of the molecule is CC[C@H]([C@H](O)c1ccc(Cl)cc1)n1ncn(-c2ccc(N3CCN(c4ccccc4O)CC3)nc2)c1=O. The van der Waals surface area contributed by atoms with Crippen molar-refractivity contribution < 1.29 is 10.2 Å². The molecule has 0 radical (unpaired) electrons. The number of piperazine rings is 1. The van der Waals surface area contributed by atoms with Crippen LogP contribution in [0.5, 0.6) is 5.75 Å². The van der Waals surface area contributed by atoms with Gasteiger partial charge in [0.1, 0.15) is 24.0 Å². The second-order valence-corrected chi connectivity index (χ2v) is 9.47. The topological polar surface area (TPSA) is 99.7 Å². The monoisotopic (exact) mass is 520 g/mol. The number of phenolic OH excluding ortho intramolecular Hbond substituents is 1. The zero-order chi connectivity index (χ0) is 25.9. The first-order valence-electron chi connectivity index (χ1n) is 12.3. The zero-order valence-electron chi connectivity index (χ0n) is 20.5. The summed E-state index contributed by atoms with van der Waals surface area (Å²) in [6.45, 7) is 4.96. The Balaban J connectivity index is 1.29. The number of hydrogen-bond donors (Lipinski definition) is 2. The number of pyridine rings is 1. The fourth-order valence-corrected chi connectivity index (χ4v) is 4.87. The molecule has 0 unspecified atom stereocenters. The molecule has 0 aliphatic carbocycles. The highest BCUT2D eigenvalue weighted by Crippen LogP contribution is 2.29. The van der Waals surface area contributed by atoms with Crippen molar-refractivity contribution in [2.24, 2.45) is 0 Å². The number of aliphatic hydroxyl groups excluding tert-OH is 1. The number of halogens is 1. The summed E-state index contributed by atoms with van der Waals surface area (Å²) in [4.78, 5) is 22.2. The van der Waals surface area contributed by atoms with E-state index in [1.807, 2.05) is 37.3 Å². The van der Waals surface area contributed by atoms with Crippen molar-refractivity contribution in [1.82, 2.24) is 19.3 Å². The Bertz CT molecular complexity index is 1390. The van der Waals surface area contributed by atoms with Crippen molar-refractivity contribution in [2.45, 2.75) is 25.5 Å². The summed E-state index contributed by atoms with van der Waals surface area (Å²) in [5.74, 6) is 1.11. The first-order valence-corrected chi connectivity index (χ1v) is 12.7. The number of benzene rings is 2. The summed E-state index contributed by atoms with van der Waals surface area (Å²) in [5, 5.41) is 25.9. The van der Waals surface area contributed by atoms with Gasteiger partial charge in [-0.05, 0) is 48.4 Å². The highest BCUT2D eigenvalue weighted by Gasteiger charge is 2.25. The third-order valence-corrected chi connectivity index (χ3v) is 7.09. The minimum Gasteiger partial charge on any atom is -0.506 e. The van der Waals surface area contributed by atoms with Gasteiger partial charge in [-0.3, -0.25) is 0 Å². The number of phenols is 1. The van der Waals surface area contributed by atoms with Gasteiger partial charge in [0.05, 0.1) is 23.6 Å². The van der Waals surface area contributed by atoms with Crippen molar-refractivity contribution in [3.63, 3.8) is 0 Å². The highest BCUT2D eigenvalue weighted by atomic mass is 35.5. The average Bonchev–Trinajstić information content (AvgIpc) is 3.31. The Morgan fingerprint density at radius 1 is 0.973 bits per heavy atom. The predicted molar refractivity (Wildman–Crippen MR) is 144 cm³/mol. The molecule has 1 saturated heterocycles. The molecule has 9 nitrogen and oxygen atoms in total. The molecule has 5 rings (SSSR count). The highest BCUT2D eigenvalue weighted by molar-refractivity contribution is 6.30.